The average molecular weight is 374 g/mol. The van der Waals surface area contributed by atoms with Gasteiger partial charge in [0.15, 0.2) is 0 Å². The van der Waals surface area contributed by atoms with Gasteiger partial charge in [0.25, 0.3) is 0 Å². The molecule has 0 saturated carbocycles. The van der Waals surface area contributed by atoms with E-state index < -0.39 is 23.9 Å². The van der Waals surface area contributed by atoms with Gasteiger partial charge in [-0.2, -0.15) is 0 Å². The fourth-order valence-corrected chi connectivity index (χ4v) is 2.89. The van der Waals surface area contributed by atoms with Gasteiger partial charge in [-0.05, 0) is 36.3 Å². The maximum absolute atomic E-state index is 13.6. The van der Waals surface area contributed by atoms with Crippen molar-refractivity contribution in [2.45, 2.75) is 31.5 Å². The van der Waals surface area contributed by atoms with Gasteiger partial charge in [0.2, 0.25) is 0 Å². The number of pyridine rings is 1. The summed E-state index contributed by atoms with van der Waals surface area (Å²) in [5.41, 5.74) is 8.49. The zero-order valence-electron chi connectivity index (χ0n) is 14.7. The van der Waals surface area contributed by atoms with E-state index in [4.69, 9.17) is 5.73 Å². The molecule has 0 radical (unpaired) electrons. The van der Waals surface area contributed by atoms with Gasteiger partial charge in [0, 0.05) is 24.6 Å². The summed E-state index contributed by atoms with van der Waals surface area (Å²) in [6.45, 7) is 3.18. The van der Waals surface area contributed by atoms with Crippen LogP contribution in [0.4, 0.5) is 13.2 Å². The fraction of sp³-hybridized carbons (Fsp3) is 0.238. The van der Waals surface area contributed by atoms with Crippen molar-refractivity contribution in [2.75, 3.05) is 0 Å². The normalized spacial score (nSPS) is 18.8. The van der Waals surface area contributed by atoms with E-state index in [0.29, 0.717) is 22.4 Å². The Kier molecular flexibility index (Phi) is 7.49. The van der Waals surface area contributed by atoms with Crippen LogP contribution < -0.4 is 5.73 Å². The van der Waals surface area contributed by atoms with E-state index in [-0.39, 0.29) is 19.3 Å². The fourth-order valence-electron chi connectivity index (χ4n) is 2.89. The van der Waals surface area contributed by atoms with Crippen LogP contribution in [-0.4, -0.2) is 17.4 Å². The highest BCUT2D eigenvalue weighted by Gasteiger charge is 2.20. The van der Waals surface area contributed by atoms with Crippen LogP contribution >= 0.6 is 0 Å². The molecule has 1 aliphatic carbocycles. The summed E-state index contributed by atoms with van der Waals surface area (Å²) in [5, 5.41) is 0. The van der Waals surface area contributed by atoms with Crippen LogP contribution in [0.25, 0.3) is 5.57 Å². The Balaban J connectivity index is 2.33. The standard InChI is InChI=1S/C21H21F3N2O/c1-14(22)6-7-16(4-3-9-27)19-5-2-8-26-21(19)20(25)12-15-10-17(23)13-18(24)11-15/h2,4-10,13,18,20H,1,3,11-12,25H2/b7-6-,16-4+/t18?,20-/m0/s1. The molecule has 0 spiro atoms. The van der Waals surface area contributed by atoms with E-state index >= 15 is 0 Å². The molecule has 1 aromatic heterocycles. The third-order valence-electron chi connectivity index (χ3n) is 4.00. The van der Waals surface area contributed by atoms with Crippen LogP contribution in [0.15, 0.2) is 72.5 Å². The predicted molar refractivity (Wildman–Crippen MR) is 101 cm³/mol. The topological polar surface area (TPSA) is 56.0 Å². The molecule has 0 bridgehead atoms. The van der Waals surface area contributed by atoms with Crippen LogP contribution in [0.1, 0.15) is 36.6 Å². The van der Waals surface area contributed by atoms with Gasteiger partial charge < -0.3 is 10.5 Å². The zero-order chi connectivity index (χ0) is 19.8. The van der Waals surface area contributed by atoms with Crippen molar-refractivity contribution in [1.29, 1.82) is 0 Å². The van der Waals surface area contributed by atoms with Crippen LogP contribution in [0.2, 0.25) is 0 Å². The van der Waals surface area contributed by atoms with Crippen molar-refractivity contribution in [3.05, 3.63) is 83.8 Å². The third-order valence-corrected chi connectivity index (χ3v) is 4.00. The molecule has 142 valence electrons. The SMILES string of the molecule is C=C(F)/C=C\C(=C/CC=O)c1cccnc1[C@@H](N)CC1=CC(F)=CC(F)C1. The monoisotopic (exact) mass is 374 g/mol. The number of carbonyl (C=O) groups excluding carboxylic acids is 1. The summed E-state index contributed by atoms with van der Waals surface area (Å²) in [4.78, 5) is 15.0. The van der Waals surface area contributed by atoms with Gasteiger partial charge in [-0.3, -0.25) is 4.98 Å². The van der Waals surface area contributed by atoms with Crippen molar-refractivity contribution in [1.82, 2.24) is 4.98 Å². The number of nitrogens with two attached hydrogens (primary N) is 1. The quantitative estimate of drug-likeness (QED) is 0.514. The molecule has 0 fully saturated rings. The number of carbonyl (C=O) groups is 1. The van der Waals surface area contributed by atoms with Gasteiger partial charge in [0.1, 0.15) is 24.1 Å². The van der Waals surface area contributed by atoms with Crippen molar-refractivity contribution in [3.63, 3.8) is 0 Å². The highest BCUT2D eigenvalue weighted by molar-refractivity contribution is 5.77. The minimum Gasteiger partial charge on any atom is -0.322 e. The first-order valence-electron chi connectivity index (χ1n) is 8.48. The molecule has 2 N–H and O–H groups in total. The highest BCUT2D eigenvalue weighted by atomic mass is 19.1. The van der Waals surface area contributed by atoms with Crippen LogP contribution in [0, 0.1) is 0 Å². The second-order valence-electron chi connectivity index (χ2n) is 6.16. The summed E-state index contributed by atoms with van der Waals surface area (Å²) in [6.07, 6.45) is 7.85. The second kappa shape index (κ2) is 9.83. The molecule has 27 heavy (non-hydrogen) atoms. The minimum atomic E-state index is -1.37. The summed E-state index contributed by atoms with van der Waals surface area (Å²) >= 11 is 0. The number of allylic oxidation sites excluding steroid dienone is 8. The second-order valence-corrected chi connectivity index (χ2v) is 6.16. The first-order chi connectivity index (χ1) is 12.9. The Labute approximate surface area is 156 Å². The highest BCUT2D eigenvalue weighted by Crippen LogP contribution is 2.31. The molecular weight excluding hydrogens is 353 g/mol. The number of hydrogen-bond acceptors (Lipinski definition) is 3. The largest absolute Gasteiger partial charge is 0.322 e. The zero-order valence-corrected chi connectivity index (χ0v) is 14.7. The third kappa shape index (κ3) is 6.18. The predicted octanol–water partition coefficient (Wildman–Crippen LogP) is 5.00. The Bertz CT molecular complexity index is 824. The lowest BCUT2D eigenvalue weighted by Crippen LogP contribution is -2.17. The minimum absolute atomic E-state index is 0.0820. The Morgan fingerprint density at radius 2 is 2.22 bits per heavy atom. The first kappa shape index (κ1) is 20.6. The number of hydrogen-bond donors (Lipinski definition) is 1. The molecule has 0 aromatic carbocycles. The summed E-state index contributed by atoms with van der Waals surface area (Å²) in [7, 11) is 0. The van der Waals surface area contributed by atoms with E-state index in [1.54, 1.807) is 24.4 Å². The smallest absolute Gasteiger partial charge is 0.125 e. The summed E-state index contributed by atoms with van der Waals surface area (Å²) in [6, 6.07) is 2.82. The number of alkyl halides is 1. The summed E-state index contributed by atoms with van der Waals surface area (Å²) < 4.78 is 40.0. The van der Waals surface area contributed by atoms with E-state index in [0.717, 1.165) is 12.4 Å². The van der Waals surface area contributed by atoms with Gasteiger partial charge in [-0.15, -0.1) is 0 Å². The molecule has 0 amide bonds. The molecule has 0 saturated heterocycles. The van der Waals surface area contributed by atoms with Gasteiger partial charge >= 0.3 is 0 Å². The summed E-state index contributed by atoms with van der Waals surface area (Å²) in [5.74, 6) is -1.25. The lowest BCUT2D eigenvalue weighted by Gasteiger charge is -2.20. The van der Waals surface area contributed by atoms with Crippen molar-refractivity contribution >= 4 is 11.9 Å². The number of nitrogens with zero attached hydrogens (tertiary/aromatic N) is 1. The van der Waals surface area contributed by atoms with Crippen molar-refractivity contribution < 1.29 is 18.0 Å². The molecule has 1 heterocycles. The Morgan fingerprint density at radius 1 is 1.44 bits per heavy atom. The maximum Gasteiger partial charge on any atom is 0.125 e. The van der Waals surface area contributed by atoms with Gasteiger partial charge in [-0.25, -0.2) is 13.2 Å². The average Bonchev–Trinajstić information content (AvgIpc) is 2.61. The maximum atomic E-state index is 13.6. The van der Waals surface area contributed by atoms with Gasteiger partial charge in [-0.1, -0.05) is 30.4 Å². The number of halogens is 3. The molecule has 1 aromatic rings. The molecule has 1 aliphatic rings. The van der Waals surface area contributed by atoms with E-state index in [1.165, 1.54) is 18.2 Å². The lowest BCUT2D eigenvalue weighted by molar-refractivity contribution is -0.107. The van der Waals surface area contributed by atoms with Gasteiger partial charge in [0.05, 0.1) is 11.7 Å². The molecule has 2 rings (SSSR count). The van der Waals surface area contributed by atoms with Crippen LogP contribution in [0.5, 0.6) is 0 Å². The van der Waals surface area contributed by atoms with Crippen LogP contribution in [0.3, 0.4) is 0 Å². The number of aromatic nitrogens is 1. The molecular formula is C21H21F3N2O. The Hall–Kier alpha value is -2.73. The lowest BCUT2D eigenvalue weighted by atomic mass is 9.92. The molecule has 0 aliphatic heterocycles. The molecule has 3 nitrogen and oxygen atoms in total. The van der Waals surface area contributed by atoms with E-state index in [1.807, 2.05) is 0 Å². The first-order valence-corrected chi connectivity index (χ1v) is 8.48. The number of aldehydes is 1. The number of rotatable bonds is 8. The van der Waals surface area contributed by atoms with E-state index in [2.05, 4.69) is 11.6 Å². The van der Waals surface area contributed by atoms with Crippen molar-refractivity contribution in [2.24, 2.45) is 5.73 Å². The molecule has 6 heteroatoms. The van der Waals surface area contributed by atoms with Crippen molar-refractivity contribution in [3.8, 4) is 0 Å². The van der Waals surface area contributed by atoms with Crippen LogP contribution in [-0.2, 0) is 4.79 Å². The van der Waals surface area contributed by atoms with E-state index in [9.17, 15) is 18.0 Å². The molecule has 1 unspecified atom stereocenters. The molecule has 2 atom stereocenters. The Morgan fingerprint density at radius 3 is 2.89 bits per heavy atom.